The van der Waals surface area contributed by atoms with E-state index in [1.807, 2.05) is 0 Å². The fraction of sp³-hybridized carbons (Fsp3) is 0.167. The molecule has 1 heterocycles. The predicted octanol–water partition coefficient (Wildman–Crippen LogP) is 2.84. The number of carbonyl (C=O) groups is 3. The van der Waals surface area contributed by atoms with E-state index in [1.54, 1.807) is 18.2 Å². The first kappa shape index (κ1) is 15.9. The summed E-state index contributed by atoms with van der Waals surface area (Å²) >= 11 is 0. The van der Waals surface area contributed by atoms with Crippen LogP contribution in [0.1, 0.15) is 28.8 Å². The standard InChI is InChI=1S/C18H14FNO4/c19-14-6-4-12(5-7-14)11-24-18(23)13-2-1-3-15(10-13)20-16(21)8-9-17(20)22/h1-7,10H,8-9,11H2. The van der Waals surface area contributed by atoms with Crippen molar-refractivity contribution in [3.05, 3.63) is 65.5 Å². The Hall–Kier alpha value is -3.02. The summed E-state index contributed by atoms with van der Waals surface area (Å²) in [6.45, 7) is 0.00488. The smallest absolute Gasteiger partial charge is 0.338 e. The first-order valence-corrected chi connectivity index (χ1v) is 7.42. The van der Waals surface area contributed by atoms with Crippen molar-refractivity contribution in [2.45, 2.75) is 19.4 Å². The van der Waals surface area contributed by atoms with E-state index < -0.39 is 5.97 Å². The van der Waals surface area contributed by atoms with Gasteiger partial charge < -0.3 is 4.74 Å². The van der Waals surface area contributed by atoms with Crippen LogP contribution in [0.15, 0.2) is 48.5 Å². The lowest BCUT2D eigenvalue weighted by atomic mass is 10.2. The summed E-state index contributed by atoms with van der Waals surface area (Å²) in [6, 6.07) is 11.8. The zero-order valence-electron chi connectivity index (χ0n) is 12.7. The first-order valence-electron chi connectivity index (χ1n) is 7.42. The van der Waals surface area contributed by atoms with Gasteiger partial charge in [-0.15, -0.1) is 0 Å². The van der Waals surface area contributed by atoms with Gasteiger partial charge in [0.15, 0.2) is 0 Å². The van der Waals surface area contributed by atoms with Crippen LogP contribution in [0.4, 0.5) is 10.1 Å². The predicted molar refractivity (Wildman–Crippen MR) is 83.7 cm³/mol. The molecule has 0 aliphatic carbocycles. The van der Waals surface area contributed by atoms with Crippen molar-refractivity contribution >= 4 is 23.5 Å². The van der Waals surface area contributed by atoms with Gasteiger partial charge in [0, 0.05) is 12.8 Å². The van der Waals surface area contributed by atoms with Gasteiger partial charge in [-0.3, -0.25) is 14.5 Å². The Balaban J connectivity index is 1.71. The number of hydrogen-bond donors (Lipinski definition) is 0. The average molecular weight is 327 g/mol. The molecule has 2 aromatic rings. The molecule has 2 aromatic carbocycles. The van der Waals surface area contributed by atoms with E-state index >= 15 is 0 Å². The number of carbonyl (C=O) groups excluding carboxylic acids is 3. The number of benzene rings is 2. The lowest BCUT2D eigenvalue weighted by Crippen LogP contribution is -2.28. The molecule has 0 aromatic heterocycles. The van der Waals surface area contributed by atoms with Crippen LogP contribution in [0.2, 0.25) is 0 Å². The van der Waals surface area contributed by atoms with E-state index in [1.165, 1.54) is 30.3 Å². The number of imide groups is 1. The largest absolute Gasteiger partial charge is 0.457 e. The van der Waals surface area contributed by atoms with Crippen LogP contribution in [-0.2, 0) is 20.9 Å². The molecular weight excluding hydrogens is 313 g/mol. The van der Waals surface area contributed by atoms with Crippen molar-refractivity contribution in [3.63, 3.8) is 0 Å². The number of hydrogen-bond acceptors (Lipinski definition) is 4. The van der Waals surface area contributed by atoms with Crippen molar-refractivity contribution in [2.24, 2.45) is 0 Å². The van der Waals surface area contributed by atoms with Gasteiger partial charge in [-0.2, -0.15) is 0 Å². The monoisotopic (exact) mass is 327 g/mol. The van der Waals surface area contributed by atoms with E-state index in [4.69, 9.17) is 4.74 Å². The van der Waals surface area contributed by atoms with Crippen LogP contribution in [0.5, 0.6) is 0 Å². The molecule has 1 saturated heterocycles. The molecule has 1 aliphatic heterocycles. The molecule has 1 aliphatic rings. The highest BCUT2D eigenvalue weighted by Crippen LogP contribution is 2.23. The summed E-state index contributed by atoms with van der Waals surface area (Å²) in [5.41, 5.74) is 1.26. The molecule has 3 rings (SSSR count). The molecule has 0 unspecified atom stereocenters. The van der Waals surface area contributed by atoms with Gasteiger partial charge in [0.05, 0.1) is 11.3 Å². The zero-order chi connectivity index (χ0) is 17.1. The maximum Gasteiger partial charge on any atom is 0.338 e. The van der Waals surface area contributed by atoms with E-state index in [0.717, 1.165) is 4.90 Å². The number of halogens is 1. The van der Waals surface area contributed by atoms with Gasteiger partial charge in [-0.25, -0.2) is 9.18 Å². The highest BCUT2D eigenvalue weighted by Gasteiger charge is 2.30. The number of nitrogens with zero attached hydrogens (tertiary/aromatic N) is 1. The minimum atomic E-state index is -0.583. The van der Waals surface area contributed by atoms with E-state index in [2.05, 4.69) is 0 Å². The minimum Gasteiger partial charge on any atom is -0.457 e. The maximum atomic E-state index is 12.8. The molecule has 122 valence electrons. The van der Waals surface area contributed by atoms with Crippen molar-refractivity contribution in [1.82, 2.24) is 0 Å². The highest BCUT2D eigenvalue weighted by molar-refractivity contribution is 6.20. The second kappa shape index (κ2) is 6.62. The number of amides is 2. The zero-order valence-corrected chi connectivity index (χ0v) is 12.7. The molecule has 0 N–H and O–H groups in total. The Morgan fingerprint density at radius 2 is 1.71 bits per heavy atom. The number of esters is 1. The average Bonchev–Trinajstić information content (AvgIpc) is 2.93. The Bertz CT molecular complexity index is 785. The fourth-order valence-corrected chi connectivity index (χ4v) is 2.45. The lowest BCUT2D eigenvalue weighted by molar-refractivity contribution is -0.121. The summed E-state index contributed by atoms with van der Waals surface area (Å²) in [6.07, 6.45) is 0.357. The molecule has 2 amide bonds. The second-order valence-electron chi connectivity index (χ2n) is 5.38. The van der Waals surface area contributed by atoms with Crippen molar-refractivity contribution in [3.8, 4) is 0 Å². The third kappa shape index (κ3) is 3.32. The highest BCUT2D eigenvalue weighted by atomic mass is 19.1. The van der Waals surface area contributed by atoms with Crippen LogP contribution in [0.3, 0.4) is 0 Å². The minimum absolute atomic E-state index is 0.00488. The number of rotatable bonds is 4. The second-order valence-corrected chi connectivity index (χ2v) is 5.38. The third-order valence-electron chi connectivity index (χ3n) is 3.67. The number of ether oxygens (including phenoxy) is 1. The molecule has 1 fully saturated rings. The summed E-state index contributed by atoms with van der Waals surface area (Å²) in [5, 5.41) is 0. The normalized spacial score (nSPS) is 14.1. The van der Waals surface area contributed by atoms with Crippen LogP contribution in [0.25, 0.3) is 0 Å². The Kier molecular flexibility index (Phi) is 4.37. The number of anilines is 1. The van der Waals surface area contributed by atoms with Crippen LogP contribution >= 0.6 is 0 Å². The van der Waals surface area contributed by atoms with Crippen molar-refractivity contribution in [2.75, 3.05) is 4.90 Å². The Morgan fingerprint density at radius 3 is 2.38 bits per heavy atom. The molecule has 0 saturated carbocycles. The first-order chi connectivity index (χ1) is 11.5. The molecule has 6 heteroatoms. The van der Waals surface area contributed by atoms with Gasteiger partial charge in [0.2, 0.25) is 11.8 Å². The molecule has 24 heavy (non-hydrogen) atoms. The van der Waals surface area contributed by atoms with Gasteiger partial charge in [0.1, 0.15) is 12.4 Å². The third-order valence-corrected chi connectivity index (χ3v) is 3.67. The SMILES string of the molecule is O=C(OCc1ccc(F)cc1)c1cccc(N2C(=O)CCC2=O)c1. The summed E-state index contributed by atoms with van der Waals surface area (Å²) in [5.74, 6) is -1.51. The van der Waals surface area contributed by atoms with Crippen LogP contribution < -0.4 is 4.90 Å². The van der Waals surface area contributed by atoms with Gasteiger partial charge in [-0.05, 0) is 35.9 Å². The van der Waals surface area contributed by atoms with Gasteiger partial charge >= 0.3 is 5.97 Å². The fourth-order valence-electron chi connectivity index (χ4n) is 2.45. The summed E-state index contributed by atoms with van der Waals surface area (Å²) < 4.78 is 18.0. The molecule has 0 radical (unpaired) electrons. The van der Waals surface area contributed by atoms with Crippen LogP contribution in [-0.4, -0.2) is 17.8 Å². The van der Waals surface area contributed by atoms with Crippen molar-refractivity contribution in [1.29, 1.82) is 0 Å². The molecule has 0 bridgehead atoms. The maximum absolute atomic E-state index is 12.8. The molecular formula is C18H14FNO4. The van der Waals surface area contributed by atoms with E-state index in [0.29, 0.717) is 11.3 Å². The quantitative estimate of drug-likeness (QED) is 0.640. The molecule has 5 nitrogen and oxygen atoms in total. The van der Waals surface area contributed by atoms with E-state index in [9.17, 15) is 18.8 Å². The Labute approximate surface area is 137 Å². The topological polar surface area (TPSA) is 63.7 Å². The van der Waals surface area contributed by atoms with Gasteiger partial charge in [-0.1, -0.05) is 18.2 Å². The molecule has 0 spiro atoms. The summed E-state index contributed by atoms with van der Waals surface area (Å²) in [4.78, 5) is 36.7. The van der Waals surface area contributed by atoms with E-state index in [-0.39, 0.29) is 42.6 Å². The van der Waals surface area contributed by atoms with Crippen LogP contribution in [0, 0.1) is 5.82 Å². The lowest BCUT2D eigenvalue weighted by Gasteiger charge is -2.14. The Morgan fingerprint density at radius 1 is 1.04 bits per heavy atom. The van der Waals surface area contributed by atoms with Crippen molar-refractivity contribution < 1.29 is 23.5 Å². The summed E-state index contributed by atoms with van der Waals surface area (Å²) in [7, 11) is 0. The van der Waals surface area contributed by atoms with Gasteiger partial charge in [0.25, 0.3) is 0 Å². The molecule has 0 atom stereocenters.